The molecular weight excluding hydrogens is 320 g/mol. The summed E-state index contributed by atoms with van der Waals surface area (Å²) in [5.74, 6) is 0.313. The number of hydroxylamine groups is 1. The van der Waals surface area contributed by atoms with E-state index < -0.39 is 5.91 Å². The maximum atomic E-state index is 12.1. The van der Waals surface area contributed by atoms with Crippen molar-refractivity contribution in [3.8, 4) is 5.75 Å². The number of aromatic nitrogens is 3. The van der Waals surface area contributed by atoms with Crippen LogP contribution in [0.3, 0.4) is 0 Å². The number of methoxy groups -OCH3 is 1. The normalized spacial score (nSPS) is 10.5. The zero-order valence-corrected chi connectivity index (χ0v) is 13.7. The van der Waals surface area contributed by atoms with E-state index in [1.54, 1.807) is 25.3 Å². The van der Waals surface area contributed by atoms with Crippen LogP contribution in [-0.4, -0.2) is 33.4 Å². The van der Waals surface area contributed by atoms with Gasteiger partial charge >= 0.3 is 5.91 Å². The number of rotatable bonds is 6. The maximum Gasteiger partial charge on any atom is 0.302 e. The highest BCUT2D eigenvalue weighted by Gasteiger charge is 2.19. The van der Waals surface area contributed by atoms with Crippen LogP contribution in [0.15, 0.2) is 54.7 Å². The number of aryl methyl sites for hydroxylation is 2. The molecular formula is C18H18N4O3. The molecule has 7 heteroatoms. The molecule has 2 aromatic heterocycles. The van der Waals surface area contributed by atoms with Gasteiger partial charge in [0.05, 0.1) is 7.11 Å². The Morgan fingerprint density at radius 2 is 2.08 bits per heavy atom. The third-order valence-corrected chi connectivity index (χ3v) is 3.73. The maximum absolute atomic E-state index is 12.1. The molecule has 7 nitrogen and oxygen atoms in total. The second-order valence-corrected chi connectivity index (χ2v) is 5.43. The van der Waals surface area contributed by atoms with Crippen molar-refractivity contribution in [1.82, 2.24) is 15.2 Å². The van der Waals surface area contributed by atoms with E-state index >= 15 is 0 Å². The molecule has 0 radical (unpaired) electrons. The number of hydrogen-bond donors (Lipinski definition) is 2. The predicted molar refractivity (Wildman–Crippen MR) is 91.8 cm³/mol. The first-order valence-electron chi connectivity index (χ1n) is 7.79. The monoisotopic (exact) mass is 338 g/mol. The molecule has 0 unspecified atom stereocenters. The molecule has 1 amide bonds. The summed E-state index contributed by atoms with van der Waals surface area (Å²) in [6.45, 7) is 0. The number of H-pyrrole nitrogens is 1. The molecule has 0 aliphatic heterocycles. The Kier molecular flexibility index (Phi) is 5.06. The van der Waals surface area contributed by atoms with E-state index in [0.717, 1.165) is 23.4 Å². The highest BCUT2D eigenvalue weighted by atomic mass is 16.5. The zero-order chi connectivity index (χ0) is 17.6. The average Bonchev–Trinajstić information content (AvgIpc) is 3.15. The quantitative estimate of drug-likeness (QED) is 0.532. The number of carbonyl (C=O) groups excluding carboxylic acids is 1. The fraction of sp³-hybridized carbons (Fsp3) is 0.167. The Labute approximate surface area is 144 Å². The molecule has 0 aliphatic rings. The van der Waals surface area contributed by atoms with Crippen molar-refractivity contribution in [3.05, 3.63) is 71.7 Å². The van der Waals surface area contributed by atoms with Crippen LogP contribution in [-0.2, 0) is 12.8 Å². The molecule has 25 heavy (non-hydrogen) atoms. The fourth-order valence-electron chi connectivity index (χ4n) is 2.39. The number of benzene rings is 1. The fourth-order valence-corrected chi connectivity index (χ4v) is 2.39. The van der Waals surface area contributed by atoms with Crippen LogP contribution in [0.25, 0.3) is 0 Å². The van der Waals surface area contributed by atoms with Crippen molar-refractivity contribution in [2.45, 2.75) is 12.8 Å². The van der Waals surface area contributed by atoms with E-state index in [9.17, 15) is 10.0 Å². The van der Waals surface area contributed by atoms with Gasteiger partial charge < -0.3 is 4.74 Å². The molecule has 0 bridgehead atoms. The smallest absolute Gasteiger partial charge is 0.302 e. The Morgan fingerprint density at radius 3 is 2.84 bits per heavy atom. The summed E-state index contributed by atoms with van der Waals surface area (Å²) in [4.78, 5) is 16.1. The Balaban J connectivity index is 1.64. The summed E-state index contributed by atoms with van der Waals surface area (Å²) in [6, 6.07) is 14.4. The van der Waals surface area contributed by atoms with Gasteiger partial charge in [-0.25, -0.2) is 0 Å². The summed E-state index contributed by atoms with van der Waals surface area (Å²) in [5, 5.41) is 17.4. The molecule has 0 saturated heterocycles. The van der Waals surface area contributed by atoms with E-state index in [4.69, 9.17) is 4.74 Å². The van der Waals surface area contributed by atoms with Gasteiger partial charge in [-0.15, -0.1) is 0 Å². The molecule has 0 fully saturated rings. The molecule has 0 saturated carbocycles. The van der Waals surface area contributed by atoms with Crippen LogP contribution < -0.4 is 9.80 Å². The van der Waals surface area contributed by atoms with Crippen molar-refractivity contribution in [2.24, 2.45) is 0 Å². The van der Waals surface area contributed by atoms with Crippen LogP contribution in [0, 0.1) is 0 Å². The molecule has 0 aliphatic carbocycles. The molecule has 2 N–H and O–H groups in total. The molecule has 3 aromatic rings. The predicted octanol–water partition coefficient (Wildman–Crippen LogP) is 2.63. The van der Waals surface area contributed by atoms with Gasteiger partial charge in [0, 0.05) is 18.0 Å². The van der Waals surface area contributed by atoms with Crippen molar-refractivity contribution in [3.63, 3.8) is 0 Å². The zero-order valence-electron chi connectivity index (χ0n) is 13.7. The molecule has 0 spiro atoms. The average molecular weight is 338 g/mol. The molecule has 0 atom stereocenters. The first-order valence-corrected chi connectivity index (χ1v) is 7.79. The van der Waals surface area contributed by atoms with Crippen molar-refractivity contribution < 1.29 is 14.7 Å². The van der Waals surface area contributed by atoms with Gasteiger partial charge in [-0.1, -0.05) is 18.2 Å². The Hall–Kier alpha value is -3.19. The number of anilines is 1. The number of nitrogens with zero attached hydrogens (tertiary/aromatic N) is 3. The van der Waals surface area contributed by atoms with Gasteiger partial charge in [-0.05, 0) is 42.7 Å². The summed E-state index contributed by atoms with van der Waals surface area (Å²) in [5.41, 5.74) is 2.08. The molecule has 3 rings (SSSR count). The van der Waals surface area contributed by atoms with Crippen LogP contribution in [0.1, 0.15) is 21.7 Å². The SMILES string of the molecule is COc1cccc(CCc2cc(N(O)C(=O)c3ccccn3)n[nH]2)c1. The topological polar surface area (TPSA) is 91.3 Å². The lowest BCUT2D eigenvalue weighted by atomic mass is 10.1. The summed E-state index contributed by atoms with van der Waals surface area (Å²) < 4.78 is 5.21. The van der Waals surface area contributed by atoms with Gasteiger partial charge in [-0.3, -0.25) is 20.1 Å². The van der Waals surface area contributed by atoms with Gasteiger partial charge in [0.1, 0.15) is 11.4 Å². The number of aromatic amines is 1. The van der Waals surface area contributed by atoms with Crippen LogP contribution in [0.2, 0.25) is 0 Å². The summed E-state index contributed by atoms with van der Waals surface area (Å²) in [7, 11) is 1.63. The second kappa shape index (κ2) is 7.59. The van der Waals surface area contributed by atoms with Gasteiger partial charge in [-0.2, -0.15) is 10.2 Å². The third-order valence-electron chi connectivity index (χ3n) is 3.73. The van der Waals surface area contributed by atoms with Gasteiger partial charge in [0.2, 0.25) is 0 Å². The van der Waals surface area contributed by atoms with Crippen LogP contribution in [0.4, 0.5) is 5.82 Å². The number of nitrogens with one attached hydrogen (secondary N) is 1. The number of ether oxygens (including phenoxy) is 1. The highest BCUT2D eigenvalue weighted by molar-refractivity contribution is 6.02. The van der Waals surface area contributed by atoms with E-state index in [2.05, 4.69) is 15.2 Å². The van der Waals surface area contributed by atoms with Crippen LogP contribution >= 0.6 is 0 Å². The van der Waals surface area contributed by atoms with E-state index in [-0.39, 0.29) is 11.5 Å². The number of hydrogen-bond acceptors (Lipinski definition) is 5. The van der Waals surface area contributed by atoms with Crippen LogP contribution in [0.5, 0.6) is 5.75 Å². The molecule has 1 aromatic carbocycles. The molecule has 128 valence electrons. The van der Waals surface area contributed by atoms with E-state index in [0.29, 0.717) is 11.5 Å². The largest absolute Gasteiger partial charge is 0.497 e. The summed E-state index contributed by atoms with van der Waals surface area (Å²) in [6.07, 6.45) is 2.95. The minimum absolute atomic E-state index is 0.135. The molecule has 2 heterocycles. The second-order valence-electron chi connectivity index (χ2n) is 5.43. The minimum Gasteiger partial charge on any atom is -0.497 e. The Bertz CT molecular complexity index is 848. The lowest BCUT2D eigenvalue weighted by Crippen LogP contribution is -2.28. The van der Waals surface area contributed by atoms with Crippen molar-refractivity contribution in [1.29, 1.82) is 0 Å². The van der Waals surface area contributed by atoms with Gasteiger partial charge in [0.15, 0.2) is 5.82 Å². The Morgan fingerprint density at radius 1 is 1.20 bits per heavy atom. The summed E-state index contributed by atoms with van der Waals surface area (Å²) >= 11 is 0. The number of pyridine rings is 1. The number of amides is 1. The van der Waals surface area contributed by atoms with Crippen molar-refractivity contribution >= 4 is 11.7 Å². The van der Waals surface area contributed by atoms with E-state index in [1.807, 2.05) is 24.3 Å². The first kappa shape index (κ1) is 16.7. The number of carbonyl (C=O) groups is 1. The highest BCUT2D eigenvalue weighted by Crippen LogP contribution is 2.17. The lowest BCUT2D eigenvalue weighted by molar-refractivity contribution is 0.0846. The van der Waals surface area contributed by atoms with Crippen molar-refractivity contribution in [2.75, 3.05) is 12.2 Å². The third kappa shape index (κ3) is 4.02. The minimum atomic E-state index is -0.633. The standard InChI is InChI=1S/C18H18N4O3/c1-25-15-6-4-5-13(11-15)8-9-14-12-17(21-20-14)22(24)18(23)16-7-2-3-10-19-16/h2-7,10-12,24H,8-9H2,1H3,(H,20,21). The lowest BCUT2D eigenvalue weighted by Gasteiger charge is -2.10. The van der Waals surface area contributed by atoms with E-state index in [1.165, 1.54) is 12.3 Å². The first-order chi connectivity index (χ1) is 12.2. The van der Waals surface area contributed by atoms with Gasteiger partial charge in [0.25, 0.3) is 0 Å².